The van der Waals surface area contributed by atoms with Gasteiger partial charge in [-0.2, -0.15) is 0 Å². The lowest BCUT2D eigenvalue weighted by molar-refractivity contribution is -0.136. The Balaban J connectivity index is 1.72. The standard InChI is InChI=1S/C25H21BrN2O5/c1-33-25(32)22(13-16-6-3-2-4-7-16)28-24(31)20-11-10-18(14-21(20)26)23(30)27-15-17-8-5-9-19(29)12-17/h2-14,29H,15H2,1H3,(H,27,30)(H,28,31)/b22-13+. The molecular formula is C25H21BrN2O5. The third-order valence-electron chi connectivity index (χ3n) is 4.60. The maximum atomic E-state index is 12.8. The molecule has 3 aromatic carbocycles. The summed E-state index contributed by atoms with van der Waals surface area (Å²) >= 11 is 3.32. The highest BCUT2D eigenvalue weighted by molar-refractivity contribution is 9.10. The molecule has 0 atom stereocenters. The van der Waals surface area contributed by atoms with Crippen molar-refractivity contribution in [3.05, 3.63) is 105 Å². The molecule has 0 heterocycles. The first-order chi connectivity index (χ1) is 15.9. The number of amides is 2. The number of benzene rings is 3. The van der Waals surface area contributed by atoms with E-state index in [1.807, 2.05) is 18.2 Å². The molecule has 0 fully saturated rings. The summed E-state index contributed by atoms with van der Waals surface area (Å²) in [5.41, 5.74) is 2.03. The Morgan fingerprint density at radius 1 is 0.970 bits per heavy atom. The van der Waals surface area contributed by atoms with Crippen molar-refractivity contribution >= 4 is 39.8 Å². The second-order valence-corrected chi connectivity index (χ2v) is 7.82. The Kier molecular flexibility index (Phi) is 7.99. The maximum absolute atomic E-state index is 12.8. The van der Waals surface area contributed by atoms with Crippen molar-refractivity contribution in [3.63, 3.8) is 0 Å². The highest BCUT2D eigenvalue weighted by Crippen LogP contribution is 2.20. The molecule has 0 aromatic heterocycles. The van der Waals surface area contributed by atoms with E-state index in [1.54, 1.807) is 36.4 Å². The maximum Gasteiger partial charge on any atom is 0.354 e. The van der Waals surface area contributed by atoms with E-state index in [2.05, 4.69) is 26.6 Å². The number of phenolic OH excluding ortho intramolecular Hbond substituents is 1. The van der Waals surface area contributed by atoms with Gasteiger partial charge in [-0.3, -0.25) is 9.59 Å². The van der Waals surface area contributed by atoms with Crippen LogP contribution in [0.5, 0.6) is 5.75 Å². The molecule has 0 saturated carbocycles. The average Bonchev–Trinajstić information content (AvgIpc) is 2.82. The minimum absolute atomic E-state index is 0.0199. The van der Waals surface area contributed by atoms with E-state index in [0.717, 1.165) is 11.1 Å². The number of esters is 1. The third kappa shape index (κ3) is 6.54. The Bertz CT molecular complexity index is 1210. The van der Waals surface area contributed by atoms with Gasteiger partial charge in [0.25, 0.3) is 11.8 Å². The summed E-state index contributed by atoms with van der Waals surface area (Å²) in [6.45, 7) is 0.236. The molecule has 33 heavy (non-hydrogen) atoms. The number of phenols is 1. The molecule has 0 radical (unpaired) electrons. The molecule has 3 rings (SSSR count). The van der Waals surface area contributed by atoms with Gasteiger partial charge in [0.2, 0.25) is 0 Å². The van der Waals surface area contributed by atoms with Crippen LogP contribution < -0.4 is 10.6 Å². The molecule has 3 aromatic rings. The van der Waals surface area contributed by atoms with Gasteiger partial charge in [-0.1, -0.05) is 42.5 Å². The van der Waals surface area contributed by atoms with E-state index in [-0.39, 0.29) is 29.5 Å². The Morgan fingerprint density at radius 3 is 2.39 bits per heavy atom. The van der Waals surface area contributed by atoms with Crippen LogP contribution in [0.4, 0.5) is 0 Å². The van der Waals surface area contributed by atoms with Gasteiger partial charge in [-0.15, -0.1) is 0 Å². The summed E-state index contributed by atoms with van der Waals surface area (Å²) in [4.78, 5) is 37.4. The molecule has 0 unspecified atom stereocenters. The fraction of sp³-hybridized carbons (Fsp3) is 0.0800. The van der Waals surface area contributed by atoms with Crippen molar-refractivity contribution in [2.45, 2.75) is 6.54 Å². The number of methoxy groups -OCH3 is 1. The van der Waals surface area contributed by atoms with Gasteiger partial charge in [-0.25, -0.2) is 4.79 Å². The molecule has 0 spiro atoms. The summed E-state index contributed by atoms with van der Waals surface area (Å²) < 4.78 is 5.15. The molecule has 168 valence electrons. The number of nitrogens with one attached hydrogen (secondary N) is 2. The van der Waals surface area contributed by atoms with Crippen LogP contribution in [-0.2, 0) is 16.1 Å². The predicted octanol–water partition coefficient (Wildman–Crippen LogP) is 4.03. The summed E-state index contributed by atoms with van der Waals surface area (Å²) in [7, 11) is 1.23. The predicted molar refractivity (Wildman–Crippen MR) is 127 cm³/mol. The van der Waals surface area contributed by atoms with Crippen LogP contribution in [-0.4, -0.2) is 30.0 Å². The van der Waals surface area contributed by atoms with Crippen LogP contribution in [0.15, 0.2) is 83.0 Å². The molecule has 7 nitrogen and oxygen atoms in total. The number of aromatic hydroxyl groups is 1. The van der Waals surface area contributed by atoms with Crippen LogP contribution in [0.2, 0.25) is 0 Å². The number of halogens is 1. The zero-order valence-electron chi connectivity index (χ0n) is 17.7. The number of hydrogen-bond donors (Lipinski definition) is 3. The van der Waals surface area contributed by atoms with E-state index in [9.17, 15) is 19.5 Å². The van der Waals surface area contributed by atoms with Crippen LogP contribution in [0.25, 0.3) is 6.08 Å². The number of ether oxygens (including phenoxy) is 1. The molecule has 3 N–H and O–H groups in total. The number of rotatable bonds is 7. The van der Waals surface area contributed by atoms with E-state index < -0.39 is 11.9 Å². The zero-order chi connectivity index (χ0) is 23.8. The van der Waals surface area contributed by atoms with Crippen LogP contribution >= 0.6 is 15.9 Å². The normalized spacial score (nSPS) is 10.9. The van der Waals surface area contributed by atoms with E-state index in [0.29, 0.717) is 10.0 Å². The van der Waals surface area contributed by atoms with Crippen molar-refractivity contribution in [3.8, 4) is 5.75 Å². The quantitative estimate of drug-likeness (QED) is 0.330. The monoisotopic (exact) mass is 508 g/mol. The van der Waals surface area contributed by atoms with Crippen molar-refractivity contribution < 1.29 is 24.2 Å². The van der Waals surface area contributed by atoms with Gasteiger partial charge >= 0.3 is 5.97 Å². The fourth-order valence-electron chi connectivity index (χ4n) is 2.95. The van der Waals surface area contributed by atoms with Crippen LogP contribution in [0, 0.1) is 0 Å². The fourth-order valence-corrected chi connectivity index (χ4v) is 3.51. The largest absolute Gasteiger partial charge is 0.508 e. The lowest BCUT2D eigenvalue weighted by atomic mass is 10.1. The van der Waals surface area contributed by atoms with Crippen LogP contribution in [0.1, 0.15) is 31.8 Å². The van der Waals surface area contributed by atoms with Crippen molar-refractivity contribution in [2.24, 2.45) is 0 Å². The Morgan fingerprint density at radius 2 is 1.73 bits per heavy atom. The van der Waals surface area contributed by atoms with Gasteiger partial charge in [0.05, 0.1) is 12.7 Å². The highest BCUT2D eigenvalue weighted by atomic mass is 79.9. The molecule has 0 aliphatic rings. The Labute approximate surface area is 199 Å². The number of hydrogen-bond acceptors (Lipinski definition) is 5. The average molecular weight is 509 g/mol. The number of carbonyl (C=O) groups is 3. The minimum Gasteiger partial charge on any atom is -0.508 e. The topological polar surface area (TPSA) is 105 Å². The zero-order valence-corrected chi connectivity index (χ0v) is 19.3. The molecule has 8 heteroatoms. The first-order valence-corrected chi connectivity index (χ1v) is 10.7. The van der Waals surface area contributed by atoms with E-state index in [4.69, 9.17) is 4.74 Å². The first-order valence-electron chi connectivity index (χ1n) is 9.89. The summed E-state index contributed by atoms with van der Waals surface area (Å²) in [6.07, 6.45) is 1.51. The molecule has 0 aliphatic heterocycles. The minimum atomic E-state index is -0.689. The summed E-state index contributed by atoms with van der Waals surface area (Å²) in [5, 5.41) is 14.8. The smallest absolute Gasteiger partial charge is 0.354 e. The lowest BCUT2D eigenvalue weighted by Gasteiger charge is -2.11. The van der Waals surface area contributed by atoms with Crippen LogP contribution in [0.3, 0.4) is 0 Å². The van der Waals surface area contributed by atoms with Gasteiger partial charge in [0.1, 0.15) is 11.4 Å². The van der Waals surface area contributed by atoms with Gasteiger partial charge in [0.15, 0.2) is 0 Å². The van der Waals surface area contributed by atoms with Crippen molar-refractivity contribution in [1.82, 2.24) is 10.6 Å². The van der Waals surface area contributed by atoms with Gasteiger partial charge in [0, 0.05) is 16.6 Å². The van der Waals surface area contributed by atoms with Crippen molar-refractivity contribution in [1.29, 1.82) is 0 Å². The van der Waals surface area contributed by atoms with Crippen molar-refractivity contribution in [2.75, 3.05) is 7.11 Å². The van der Waals surface area contributed by atoms with Gasteiger partial charge < -0.3 is 20.5 Å². The third-order valence-corrected chi connectivity index (χ3v) is 5.26. The highest BCUT2D eigenvalue weighted by Gasteiger charge is 2.18. The lowest BCUT2D eigenvalue weighted by Crippen LogP contribution is -2.28. The molecule has 0 saturated heterocycles. The number of carbonyl (C=O) groups excluding carboxylic acids is 3. The Hall–Kier alpha value is -3.91. The summed E-state index contributed by atoms with van der Waals surface area (Å²) in [6, 6.07) is 20.1. The summed E-state index contributed by atoms with van der Waals surface area (Å²) in [5.74, 6) is -1.45. The second kappa shape index (κ2) is 11.1. The molecule has 0 bridgehead atoms. The second-order valence-electron chi connectivity index (χ2n) is 6.96. The SMILES string of the molecule is COC(=O)/C(=C\c1ccccc1)NC(=O)c1ccc(C(=O)NCc2cccc(O)c2)cc1Br. The first kappa shape index (κ1) is 23.7. The molecule has 2 amide bonds. The van der Waals surface area contributed by atoms with E-state index >= 15 is 0 Å². The molecular weight excluding hydrogens is 488 g/mol. The van der Waals surface area contributed by atoms with Gasteiger partial charge in [-0.05, 0) is 63.5 Å². The molecule has 0 aliphatic carbocycles. The van der Waals surface area contributed by atoms with E-state index in [1.165, 1.54) is 31.4 Å².